The number of amides is 1. The van der Waals surface area contributed by atoms with Gasteiger partial charge in [-0.05, 0) is 30.4 Å². The molecular weight excluding hydrogens is 242 g/mol. The molecule has 0 spiro atoms. The highest BCUT2D eigenvalue weighted by molar-refractivity contribution is 6.09. The van der Waals surface area contributed by atoms with Crippen molar-refractivity contribution in [2.24, 2.45) is 5.41 Å². The Kier molecular flexibility index (Phi) is 3.60. The van der Waals surface area contributed by atoms with Crippen LogP contribution in [0.5, 0.6) is 0 Å². The summed E-state index contributed by atoms with van der Waals surface area (Å²) in [4.78, 5) is 23.5. The minimum Gasteiger partial charge on any atom is -0.480 e. The van der Waals surface area contributed by atoms with Crippen molar-refractivity contribution in [1.29, 1.82) is 0 Å². The molecule has 1 aromatic carbocycles. The lowest BCUT2D eigenvalue weighted by Gasteiger charge is -2.36. The Bertz CT molecular complexity index is 504. The second-order valence-electron chi connectivity index (χ2n) is 5.44. The topological polar surface area (TPSA) is 66.4 Å². The van der Waals surface area contributed by atoms with Gasteiger partial charge in [0.2, 0.25) is 5.91 Å². The SMILES string of the molecule is CC(C)c1ccccc1NC(=O)C1(C(=O)O)CCC1. The lowest BCUT2D eigenvalue weighted by Crippen LogP contribution is -2.48. The van der Waals surface area contributed by atoms with E-state index in [0.717, 1.165) is 17.7 Å². The number of carbonyl (C=O) groups is 2. The van der Waals surface area contributed by atoms with E-state index in [0.29, 0.717) is 12.8 Å². The predicted octanol–water partition coefficient (Wildman–Crippen LogP) is 3.00. The summed E-state index contributed by atoms with van der Waals surface area (Å²) in [5, 5.41) is 12.0. The summed E-state index contributed by atoms with van der Waals surface area (Å²) < 4.78 is 0. The van der Waals surface area contributed by atoms with Crippen molar-refractivity contribution < 1.29 is 14.7 Å². The van der Waals surface area contributed by atoms with Gasteiger partial charge in [0.1, 0.15) is 5.41 Å². The number of benzene rings is 1. The first-order valence-electron chi connectivity index (χ1n) is 6.61. The molecule has 2 rings (SSSR count). The Labute approximate surface area is 112 Å². The number of carbonyl (C=O) groups excluding carboxylic acids is 1. The molecule has 0 heterocycles. The highest BCUT2D eigenvalue weighted by atomic mass is 16.4. The third-order valence-electron chi connectivity index (χ3n) is 3.88. The molecule has 0 aliphatic heterocycles. The quantitative estimate of drug-likeness (QED) is 0.819. The summed E-state index contributed by atoms with van der Waals surface area (Å²) in [5.74, 6) is -1.13. The lowest BCUT2D eigenvalue weighted by molar-refractivity contribution is -0.159. The molecule has 0 saturated heterocycles. The van der Waals surface area contributed by atoms with Gasteiger partial charge in [0.25, 0.3) is 0 Å². The summed E-state index contributed by atoms with van der Waals surface area (Å²) >= 11 is 0. The predicted molar refractivity (Wildman–Crippen MR) is 73.1 cm³/mol. The van der Waals surface area contributed by atoms with Gasteiger partial charge in [-0.25, -0.2) is 0 Å². The first kappa shape index (κ1) is 13.6. The maximum absolute atomic E-state index is 12.2. The monoisotopic (exact) mass is 261 g/mol. The fourth-order valence-electron chi connectivity index (χ4n) is 2.42. The molecule has 4 nitrogen and oxygen atoms in total. The average Bonchev–Trinajstić information content (AvgIpc) is 2.27. The maximum Gasteiger partial charge on any atom is 0.319 e. The van der Waals surface area contributed by atoms with Crippen molar-refractivity contribution in [1.82, 2.24) is 0 Å². The van der Waals surface area contributed by atoms with E-state index in [1.54, 1.807) is 0 Å². The number of para-hydroxylation sites is 1. The first-order chi connectivity index (χ1) is 8.97. The molecule has 0 radical (unpaired) electrons. The molecule has 0 unspecified atom stereocenters. The molecule has 0 atom stereocenters. The van der Waals surface area contributed by atoms with Gasteiger partial charge in [-0.1, -0.05) is 38.5 Å². The number of hydrogen-bond donors (Lipinski definition) is 2. The number of carboxylic acid groups (broad SMARTS) is 1. The minimum atomic E-state index is -1.22. The molecule has 0 bridgehead atoms. The van der Waals surface area contributed by atoms with Crippen molar-refractivity contribution in [2.45, 2.75) is 39.0 Å². The minimum absolute atomic E-state index is 0.277. The van der Waals surface area contributed by atoms with Crippen LogP contribution < -0.4 is 5.32 Å². The van der Waals surface area contributed by atoms with Crippen LogP contribution in [0.15, 0.2) is 24.3 Å². The van der Waals surface area contributed by atoms with Gasteiger partial charge >= 0.3 is 5.97 Å². The molecule has 1 saturated carbocycles. The zero-order chi connectivity index (χ0) is 14.0. The standard InChI is InChI=1S/C15H19NO3/c1-10(2)11-6-3-4-7-12(11)16-13(17)15(14(18)19)8-5-9-15/h3-4,6-7,10H,5,8-9H2,1-2H3,(H,16,17)(H,18,19). The molecule has 1 fully saturated rings. The number of carboxylic acids is 1. The van der Waals surface area contributed by atoms with Crippen molar-refractivity contribution in [3.8, 4) is 0 Å². The largest absolute Gasteiger partial charge is 0.480 e. The van der Waals surface area contributed by atoms with E-state index in [-0.39, 0.29) is 11.8 Å². The molecular formula is C15H19NO3. The van der Waals surface area contributed by atoms with Crippen LogP contribution in [0.1, 0.15) is 44.6 Å². The molecule has 4 heteroatoms. The van der Waals surface area contributed by atoms with E-state index in [4.69, 9.17) is 0 Å². The van der Waals surface area contributed by atoms with Gasteiger partial charge in [-0.3, -0.25) is 9.59 Å². The highest BCUT2D eigenvalue weighted by Crippen LogP contribution is 2.42. The maximum atomic E-state index is 12.2. The first-order valence-corrected chi connectivity index (χ1v) is 6.61. The summed E-state index contributed by atoms with van der Waals surface area (Å²) in [5.41, 5.74) is 0.523. The van der Waals surface area contributed by atoms with Gasteiger partial charge in [0, 0.05) is 5.69 Å². The zero-order valence-electron chi connectivity index (χ0n) is 11.3. The summed E-state index contributed by atoms with van der Waals surface area (Å²) in [6.07, 6.45) is 1.65. The van der Waals surface area contributed by atoms with Crippen LogP contribution in [0.4, 0.5) is 5.69 Å². The van der Waals surface area contributed by atoms with Gasteiger partial charge in [0.15, 0.2) is 0 Å². The Morgan fingerprint density at radius 3 is 2.37 bits per heavy atom. The molecule has 1 amide bonds. The summed E-state index contributed by atoms with van der Waals surface area (Å²) in [7, 11) is 0. The third-order valence-corrected chi connectivity index (χ3v) is 3.88. The van der Waals surface area contributed by atoms with Gasteiger partial charge < -0.3 is 10.4 Å². The van der Waals surface area contributed by atoms with E-state index in [2.05, 4.69) is 5.32 Å². The second kappa shape index (κ2) is 5.03. The fraction of sp³-hybridized carbons (Fsp3) is 0.467. The van der Waals surface area contributed by atoms with Crippen LogP contribution in [0.3, 0.4) is 0 Å². The van der Waals surface area contributed by atoms with Crippen molar-refractivity contribution in [3.05, 3.63) is 29.8 Å². The number of anilines is 1. The van der Waals surface area contributed by atoms with Crippen LogP contribution >= 0.6 is 0 Å². The van der Waals surface area contributed by atoms with Gasteiger partial charge in [-0.15, -0.1) is 0 Å². The van der Waals surface area contributed by atoms with E-state index in [9.17, 15) is 14.7 Å². The average molecular weight is 261 g/mol. The molecule has 102 valence electrons. The number of aliphatic carboxylic acids is 1. The molecule has 0 aromatic heterocycles. The number of hydrogen-bond acceptors (Lipinski definition) is 2. The van der Waals surface area contributed by atoms with E-state index in [1.807, 2.05) is 38.1 Å². The molecule has 2 N–H and O–H groups in total. The van der Waals surface area contributed by atoms with Crippen LogP contribution in [-0.2, 0) is 9.59 Å². The summed E-state index contributed by atoms with van der Waals surface area (Å²) in [6, 6.07) is 7.53. The van der Waals surface area contributed by atoms with E-state index >= 15 is 0 Å². The van der Waals surface area contributed by atoms with Crippen molar-refractivity contribution >= 4 is 17.6 Å². The smallest absolute Gasteiger partial charge is 0.319 e. The molecule has 1 aliphatic carbocycles. The highest BCUT2D eigenvalue weighted by Gasteiger charge is 2.51. The molecule has 1 aliphatic rings. The van der Waals surface area contributed by atoms with E-state index < -0.39 is 11.4 Å². The van der Waals surface area contributed by atoms with Crippen molar-refractivity contribution in [3.63, 3.8) is 0 Å². The normalized spacial score (nSPS) is 16.8. The zero-order valence-corrected chi connectivity index (χ0v) is 11.3. The van der Waals surface area contributed by atoms with Crippen molar-refractivity contribution in [2.75, 3.05) is 5.32 Å². The third kappa shape index (κ3) is 2.35. The second-order valence-corrected chi connectivity index (χ2v) is 5.44. The van der Waals surface area contributed by atoms with E-state index in [1.165, 1.54) is 0 Å². The van der Waals surface area contributed by atoms with Crippen LogP contribution in [0.25, 0.3) is 0 Å². The van der Waals surface area contributed by atoms with Crippen LogP contribution in [-0.4, -0.2) is 17.0 Å². The Balaban J connectivity index is 2.22. The lowest BCUT2D eigenvalue weighted by atomic mass is 9.68. The number of rotatable bonds is 4. The summed E-state index contributed by atoms with van der Waals surface area (Å²) in [6.45, 7) is 4.09. The molecule has 19 heavy (non-hydrogen) atoms. The van der Waals surface area contributed by atoms with Crippen LogP contribution in [0, 0.1) is 5.41 Å². The Hall–Kier alpha value is -1.84. The number of nitrogens with one attached hydrogen (secondary N) is 1. The van der Waals surface area contributed by atoms with Crippen LogP contribution in [0.2, 0.25) is 0 Å². The van der Waals surface area contributed by atoms with Gasteiger partial charge in [-0.2, -0.15) is 0 Å². The fourth-order valence-corrected chi connectivity index (χ4v) is 2.42. The Morgan fingerprint density at radius 1 is 1.26 bits per heavy atom. The van der Waals surface area contributed by atoms with Gasteiger partial charge in [0.05, 0.1) is 0 Å². The molecule has 1 aromatic rings. The Morgan fingerprint density at radius 2 is 1.89 bits per heavy atom.